The van der Waals surface area contributed by atoms with Crippen LogP contribution in [-0.4, -0.2) is 16.9 Å². The Balaban J connectivity index is 1.73. The van der Waals surface area contributed by atoms with E-state index in [0.29, 0.717) is 6.42 Å². The van der Waals surface area contributed by atoms with Crippen LogP contribution in [0.3, 0.4) is 0 Å². The Bertz CT molecular complexity index is 832. The van der Waals surface area contributed by atoms with E-state index in [2.05, 4.69) is 61.4 Å². The van der Waals surface area contributed by atoms with Gasteiger partial charge in [0, 0.05) is 31.7 Å². The van der Waals surface area contributed by atoms with Crippen molar-refractivity contribution in [3.63, 3.8) is 0 Å². The lowest BCUT2D eigenvalue weighted by molar-refractivity contribution is -0.120. The van der Waals surface area contributed by atoms with Crippen molar-refractivity contribution >= 4 is 66.8 Å². The highest BCUT2D eigenvalue weighted by Crippen LogP contribution is 2.31. The summed E-state index contributed by atoms with van der Waals surface area (Å²) in [6.45, 7) is 2.12. The lowest BCUT2D eigenvalue weighted by atomic mass is 10.0. The van der Waals surface area contributed by atoms with Crippen LogP contribution in [0.25, 0.3) is 0 Å². The van der Waals surface area contributed by atoms with Gasteiger partial charge < -0.3 is 0 Å². The fourth-order valence-electron chi connectivity index (χ4n) is 2.71. The van der Waals surface area contributed by atoms with Gasteiger partial charge in [0.2, 0.25) is 0 Å². The van der Waals surface area contributed by atoms with Gasteiger partial charge in [-0.1, -0.05) is 62.5 Å². The van der Waals surface area contributed by atoms with Crippen molar-refractivity contribution in [2.45, 2.75) is 30.8 Å². The van der Waals surface area contributed by atoms with E-state index in [0.717, 1.165) is 43.0 Å². The number of nitrogens with one attached hydrogen (secondary N) is 1. The summed E-state index contributed by atoms with van der Waals surface area (Å²) in [6, 6.07) is 11.9. The molecular formula is C19H17Br2ClN2OS. The molecule has 1 aliphatic heterocycles. The molecule has 0 bridgehead atoms. The van der Waals surface area contributed by atoms with E-state index in [1.807, 2.05) is 24.3 Å². The number of nitrogens with zero attached hydrogens (tertiary/aromatic N) is 1. The molecule has 0 aromatic heterocycles. The third-order valence-corrected chi connectivity index (χ3v) is 7.11. The quantitative estimate of drug-likeness (QED) is 0.533. The standard InChI is InChI=1S/C19H17Br2ClN2OS/c1-2-14-15(20)7-12(8-16(14)21)17-9-18(19(25)24-23-17)26-10-11-3-5-13(22)6-4-11/h3-8,18H,2,9-10H2,1H3,(H,24,25). The molecule has 3 nitrogen and oxygen atoms in total. The minimum Gasteiger partial charge on any atom is -0.272 e. The number of hydrogen-bond donors (Lipinski definition) is 1. The second-order valence-corrected chi connectivity index (χ2v) is 9.27. The van der Waals surface area contributed by atoms with Crippen molar-refractivity contribution in [1.29, 1.82) is 0 Å². The van der Waals surface area contributed by atoms with E-state index in [4.69, 9.17) is 11.6 Å². The molecule has 2 aromatic carbocycles. The van der Waals surface area contributed by atoms with Crippen LogP contribution < -0.4 is 5.43 Å². The van der Waals surface area contributed by atoms with Gasteiger partial charge in [-0.3, -0.25) is 4.79 Å². The number of hydrogen-bond acceptors (Lipinski definition) is 3. The Kier molecular flexibility index (Phi) is 6.83. The Labute approximate surface area is 179 Å². The van der Waals surface area contributed by atoms with Crippen molar-refractivity contribution in [2.24, 2.45) is 5.10 Å². The molecule has 1 atom stereocenters. The Morgan fingerprint density at radius 1 is 1.23 bits per heavy atom. The summed E-state index contributed by atoms with van der Waals surface area (Å²) in [4.78, 5) is 12.2. The monoisotopic (exact) mass is 514 g/mol. The van der Waals surface area contributed by atoms with Gasteiger partial charge in [-0.2, -0.15) is 5.10 Å². The largest absolute Gasteiger partial charge is 0.272 e. The molecule has 7 heteroatoms. The minimum absolute atomic E-state index is 0.0453. The molecular weight excluding hydrogens is 500 g/mol. The van der Waals surface area contributed by atoms with Gasteiger partial charge in [-0.05, 0) is 41.8 Å². The maximum atomic E-state index is 12.2. The number of carbonyl (C=O) groups is 1. The van der Waals surface area contributed by atoms with Gasteiger partial charge in [0.25, 0.3) is 5.91 Å². The molecule has 136 valence electrons. The first-order valence-electron chi connectivity index (χ1n) is 8.18. The molecule has 1 unspecified atom stereocenters. The maximum Gasteiger partial charge on any atom is 0.253 e. The molecule has 3 rings (SSSR count). The molecule has 0 spiro atoms. The van der Waals surface area contributed by atoms with E-state index in [-0.39, 0.29) is 11.2 Å². The zero-order valence-corrected chi connectivity index (χ0v) is 18.8. The van der Waals surface area contributed by atoms with Crippen molar-refractivity contribution in [2.75, 3.05) is 0 Å². The summed E-state index contributed by atoms with van der Waals surface area (Å²) in [6.07, 6.45) is 1.54. The lowest BCUT2D eigenvalue weighted by Crippen LogP contribution is -2.37. The van der Waals surface area contributed by atoms with Crippen LogP contribution in [0.1, 0.15) is 30.0 Å². The second kappa shape index (κ2) is 8.91. The second-order valence-electron chi connectivity index (χ2n) is 5.94. The molecule has 1 aliphatic rings. The van der Waals surface area contributed by atoms with E-state index in [1.165, 1.54) is 5.56 Å². The molecule has 1 heterocycles. The SMILES string of the molecule is CCc1c(Br)cc(C2=NNC(=O)C(SCc3ccc(Cl)cc3)C2)cc1Br. The molecule has 0 saturated carbocycles. The van der Waals surface area contributed by atoms with Crippen LogP contribution in [0.2, 0.25) is 5.02 Å². The lowest BCUT2D eigenvalue weighted by Gasteiger charge is -2.22. The van der Waals surface area contributed by atoms with Crippen molar-refractivity contribution in [3.05, 3.63) is 67.1 Å². The smallest absolute Gasteiger partial charge is 0.253 e. The zero-order chi connectivity index (χ0) is 18.7. The van der Waals surface area contributed by atoms with Gasteiger partial charge >= 0.3 is 0 Å². The molecule has 1 amide bonds. The van der Waals surface area contributed by atoms with Crippen LogP contribution >= 0.6 is 55.2 Å². The number of thioether (sulfide) groups is 1. The van der Waals surface area contributed by atoms with Crippen molar-refractivity contribution in [3.8, 4) is 0 Å². The highest BCUT2D eigenvalue weighted by atomic mass is 79.9. The van der Waals surface area contributed by atoms with Crippen LogP contribution in [-0.2, 0) is 17.0 Å². The zero-order valence-electron chi connectivity index (χ0n) is 14.1. The van der Waals surface area contributed by atoms with Gasteiger partial charge in [0.15, 0.2) is 0 Å². The minimum atomic E-state index is -0.165. The van der Waals surface area contributed by atoms with Gasteiger partial charge in [-0.15, -0.1) is 11.8 Å². The molecule has 26 heavy (non-hydrogen) atoms. The summed E-state index contributed by atoms with van der Waals surface area (Å²) in [5.74, 6) is 0.709. The summed E-state index contributed by atoms with van der Waals surface area (Å²) >= 11 is 14.8. The van der Waals surface area contributed by atoms with Crippen LogP contribution in [0.5, 0.6) is 0 Å². The van der Waals surface area contributed by atoms with Crippen LogP contribution in [0, 0.1) is 0 Å². The Morgan fingerprint density at radius 2 is 1.88 bits per heavy atom. The number of rotatable bonds is 5. The third kappa shape index (κ3) is 4.71. The highest BCUT2D eigenvalue weighted by Gasteiger charge is 2.26. The summed E-state index contributed by atoms with van der Waals surface area (Å²) in [5, 5.41) is 4.83. The maximum absolute atomic E-state index is 12.2. The molecule has 0 saturated heterocycles. The number of carbonyl (C=O) groups excluding carboxylic acids is 1. The number of amides is 1. The number of halogens is 3. The number of benzene rings is 2. The average Bonchev–Trinajstić information content (AvgIpc) is 2.62. The summed E-state index contributed by atoms with van der Waals surface area (Å²) in [5.41, 5.74) is 6.95. The topological polar surface area (TPSA) is 41.5 Å². The van der Waals surface area contributed by atoms with E-state index in [9.17, 15) is 4.79 Å². The van der Waals surface area contributed by atoms with Gasteiger partial charge in [0.05, 0.1) is 11.0 Å². The van der Waals surface area contributed by atoms with Crippen LogP contribution in [0.4, 0.5) is 0 Å². The summed E-state index contributed by atoms with van der Waals surface area (Å²) in [7, 11) is 0. The van der Waals surface area contributed by atoms with Crippen molar-refractivity contribution in [1.82, 2.24) is 5.43 Å². The Morgan fingerprint density at radius 3 is 2.50 bits per heavy atom. The molecule has 0 aliphatic carbocycles. The normalized spacial score (nSPS) is 17.0. The molecule has 0 fully saturated rings. The number of hydrazone groups is 1. The van der Waals surface area contributed by atoms with Gasteiger partial charge in [0.1, 0.15) is 0 Å². The van der Waals surface area contributed by atoms with Crippen LogP contribution in [0.15, 0.2) is 50.4 Å². The first kappa shape index (κ1) is 19.9. The fraction of sp³-hybridized carbons (Fsp3) is 0.263. The average molecular weight is 517 g/mol. The van der Waals surface area contributed by atoms with E-state index < -0.39 is 0 Å². The molecule has 2 aromatic rings. The first-order chi connectivity index (χ1) is 12.5. The summed E-state index contributed by atoms with van der Waals surface area (Å²) < 4.78 is 2.10. The van der Waals surface area contributed by atoms with E-state index >= 15 is 0 Å². The molecule has 0 radical (unpaired) electrons. The first-order valence-corrected chi connectivity index (χ1v) is 11.2. The van der Waals surface area contributed by atoms with Gasteiger partial charge in [-0.25, -0.2) is 5.43 Å². The Hall–Kier alpha value is -0.820. The molecule has 1 N–H and O–H groups in total. The van der Waals surface area contributed by atoms with E-state index in [1.54, 1.807) is 11.8 Å². The predicted octanol–water partition coefficient (Wildman–Crippen LogP) is 5.95. The fourth-order valence-corrected chi connectivity index (χ4v) is 5.65. The third-order valence-electron chi connectivity index (χ3n) is 4.16. The predicted molar refractivity (Wildman–Crippen MR) is 117 cm³/mol. The van der Waals surface area contributed by atoms with Crippen molar-refractivity contribution < 1.29 is 4.79 Å². The highest BCUT2D eigenvalue weighted by molar-refractivity contribution is 9.11.